The van der Waals surface area contributed by atoms with Crippen LogP contribution in [-0.2, 0) is 4.74 Å². The molecule has 3 fully saturated rings. The fraction of sp³-hybridized carbons (Fsp3) is 0.947. The SMILES string of the molecule is CCNC(=NCC(C)CN1CCOCC1)N1CCC2(CCCC2)C1. The fourth-order valence-corrected chi connectivity index (χ4v) is 4.60. The molecule has 1 N–H and O–H groups in total. The highest BCUT2D eigenvalue weighted by Crippen LogP contribution is 2.45. The Labute approximate surface area is 147 Å². The molecule has 3 aliphatic rings. The number of morpholine rings is 1. The van der Waals surface area contributed by atoms with E-state index in [-0.39, 0.29) is 0 Å². The second-order valence-electron chi connectivity index (χ2n) is 8.09. The Kier molecular flexibility index (Phi) is 6.39. The average Bonchev–Trinajstić information content (AvgIpc) is 3.23. The van der Waals surface area contributed by atoms with Crippen LogP contribution in [0.5, 0.6) is 0 Å². The lowest BCUT2D eigenvalue weighted by Crippen LogP contribution is -2.42. The minimum atomic E-state index is 0.597. The van der Waals surface area contributed by atoms with Gasteiger partial charge >= 0.3 is 0 Å². The van der Waals surface area contributed by atoms with Crippen LogP contribution in [-0.4, -0.2) is 74.8 Å². The van der Waals surface area contributed by atoms with Gasteiger partial charge in [-0.2, -0.15) is 0 Å². The first kappa shape index (κ1) is 18.0. The number of hydrogen-bond acceptors (Lipinski definition) is 3. The molecular formula is C19H36N4O. The van der Waals surface area contributed by atoms with Gasteiger partial charge in [0, 0.05) is 45.8 Å². The van der Waals surface area contributed by atoms with E-state index in [0.717, 1.165) is 51.9 Å². The lowest BCUT2D eigenvalue weighted by atomic mass is 9.86. The van der Waals surface area contributed by atoms with Gasteiger partial charge in [-0.15, -0.1) is 0 Å². The Balaban J connectivity index is 1.51. The van der Waals surface area contributed by atoms with Crippen LogP contribution in [0.4, 0.5) is 0 Å². The van der Waals surface area contributed by atoms with Crippen molar-refractivity contribution in [2.45, 2.75) is 46.0 Å². The maximum atomic E-state index is 5.44. The Morgan fingerprint density at radius 2 is 1.92 bits per heavy atom. The van der Waals surface area contributed by atoms with Crippen molar-refractivity contribution in [1.29, 1.82) is 0 Å². The Bertz CT molecular complexity index is 414. The second kappa shape index (κ2) is 8.52. The van der Waals surface area contributed by atoms with Crippen molar-refractivity contribution in [3.05, 3.63) is 0 Å². The highest BCUT2D eigenvalue weighted by atomic mass is 16.5. The molecule has 0 aromatic carbocycles. The van der Waals surface area contributed by atoms with Crippen molar-refractivity contribution in [2.24, 2.45) is 16.3 Å². The Hall–Kier alpha value is -0.810. The fourth-order valence-electron chi connectivity index (χ4n) is 4.60. The van der Waals surface area contributed by atoms with Gasteiger partial charge in [0.05, 0.1) is 13.2 Å². The molecular weight excluding hydrogens is 300 g/mol. The van der Waals surface area contributed by atoms with E-state index in [0.29, 0.717) is 11.3 Å². The smallest absolute Gasteiger partial charge is 0.193 e. The lowest BCUT2D eigenvalue weighted by Gasteiger charge is -2.29. The minimum Gasteiger partial charge on any atom is -0.379 e. The third-order valence-electron chi connectivity index (χ3n) is 5.96. The summed E-state index contributed by atoms with van der Waals surface area (Å²) in [5, 5.41) is 3.53. The summed E-state index contributed by atoms with van der Waals surface area (Å²) in [6.07, 6.45) is 7.07. The third-order valence-corrected chi connectivity index (χ3v) is 5.96. The van der Waals surface area contributed by atoms with E-state index in [1.54, 1.807) is 0 Å². The van der Waals surface area contributed by atoms with Gasteiger partial charge in [0.25, 0.3) is 0 Å². The van der Waals surface area contributed by atoms with Crippen molar-refractivity contribution in [3.8, 4) is 0 Å². The molecule has 5 heteroatoms. The quantitative estimate of drug-likeness (QED) is 0.617. The zero-order valence-corrected chi connectivity index (χ0v) is 15.7. The number of nitrogens with zero attached hydrogens (tertiary/aromatic N) is 3. The molecule has 0 aromatic rings. The molecule has 3 rings (SSSR count). The van der Waals surface area contributed by atoms with Crippen molar-refractivity contribution < 1.29 is 4.74 Å². The molecule has 5 nitrogen and oxygen atoms in total. The lowest BCUT2D eigenvalue weighted by molar-refractivity contribution is 0.0323. The molecule has 1 atom stereocenters. The summed E-state index contributed by atoms with van der Waals surface area (Å²) in [7, 11) is 0. The monoisotopic (exact) mass is 336 g/mol. The molecule has 1 spiro atoms. The second-order valence-corrected chi connectivity index (χ2v) is 8.09. The van der Waals surface area contributed by atoms with E-state index in [2.05, 4.69) is 29.0 Å². The first-order chi connectivity index (χ1) is 11.7. The summed E-state index contributed by atoms with van der Waals surface area (Å²) in [6.45, 7) is 13.8. The highest BCUT2D eigenvalue weighted by molar-refractivity contribution is 5.80. The van der Waals surface area contributed by atoms with Crippen LogP contribution in [0.2, 0.25) is 0 Å². The molecule has 2 heterocycles. The number of likely N-dealkylation sites (tertiary alicyclic amines) is 1. The molecule has 0 amide bonds. The summed E-state index contributed by atoms with van der Waals surface area (Å²) >= 11 is 0. The Morgan fingerprint density at radius 1 is 1.17 bits per heavy atom. The molecule has 0 bridgehead atoms. The van der Waals surface area contributed by atoms with E-state index in [4.69, 9.17) is 9.73 Å². The predicted molar refractivity (Wildman–Crippen MR) is 99.5 cm³/mol. The van der Waals surface area contributed by atoms with Crippen molar-refractivity contribution in [1.82, 2.24) is 15.1 Å². The molecule has 0 aromatic heterocycles. The van der Waals surface area contributed by atoms with Gasteiger partial charge in [-0.3, -0.25) is 9.89 Å². The zero-order valence-electron chi connectivity index (χ0n) is 15.7. The number of aliphatic imine (C=N–C) groups is 1. The maximum Gasteiger partial charge on any atom is 0.193 e. The van der Waals surface area contributed by atoms with E-state index >= 15 is 0 Å². The third kappa shape index (κ3) is 4.63. The maximum absolute atomic E-state index is 5.44. The number of nitrogens with one attached hydrogen (secondary N) is 1. The Morgan fingerprint density at radius 3 is 2.62 bits per heavy atom. The first-order valence-corrected chi connectivity index (χ1v) is 10.0. The predicted octanol–water partition coefficient (Wildman–Crippen LogP) is 2.19. The summed E-state index contributed by atoms with van der Waals surface area (Å²) in [6, 6.07) is 0. The topological polar surface area (TPSA) is 40.1 Å². The van der Waals surface area contributed by atoms with Crippen molar-refractivity contribution in [3.63, 3.8) is 0 Å². The van der Waals surface area contributed by atoms with Crippen LogP contribution in [0.3, 0.4) is 0 Å². The molecule has 24 heavy (non-hydrogen) atoms. The largest absolute Gasteiger partial charge is 0.379 e. The van der Waals surface area contributed by atoms with Crippen LogP contribution in [0.25, 0.3) is 0 Å². The van der Waals surface area contributed by atoms with Gasteiger partial charge in [0.15, 0.2) is 5.96 Å². The summed E-state index contributed by atoms with van der Waals surface area (Å²) in [5.74, 6) is 1.75. The van der Waals surface area contributed by atoms with Crippen LogP contribution >= 0.6 is 0 Å². The highest BCUT2D eigenvalue weighted by Gasteiger charge is 2.41. The zero-order chi connectivity index (χ0) is 16.8. The molecule has 0 radical (unpaired) electrons. The first-order valence-electron chi connectivity index (χ1n) is 10.0. The number of hydrogen-bond donors (Lipinski definition) is 1. The van der Waals surface area contributed by atoms with Crippen LogP contribution < -0.4 is 5.32 Å². The van der Waals surface area contributed by atoms with Gasteiger partial charge in [-0.25, -0.2) is 0 Å². The number of guanidine groups is 1. The number of ether oxygens (including phenoxy) is 1. The molecule has 2 aliphatic heterocycles. The summed E-state index contributed by atoms with van der Waals surface area (Å²) in [5.41, 5.74) is 0.607. The minimum absolute atomic E-state index is 0.597. The molecule has 2 saturated heterocycles. The normalized spacial score (nSPS) is 26.2. The van der Waals surface area contributed by atoms with Gasteiger partial charge in [-0.1, -0.05) is 19.8 Å². The summed E-state index contributed by atoms with van der Waals surface area (Å²) in [4.78, 5) is 10.0. The molecule has 1 saturated carbocycles. The van der Waals surface area contributed by atoms with Crippen LogP contribution in [0, 0.1) is 11.3 Å². The molecule has 1 aliphatic carbocycles. The standard InChI is InChI=1S/C19H36N4O/c1-3-20-18(23-9-8-19(16-23)6-4-5-7-19)21-14-17(2)15-22-10-12-24-13-11-22/h17H,3-16H2,1-2H3,(H,20,21). The van der Waals surface area contributed by atoms with Crippen LogP contribution in [0.15, 0.2) is 4.99 Å². The van der Waals surface area contributed by atoms with Crippen LogP contribution in [0.1, 0.15) is 46.0 Å². The molecule has 1 unspecified atom stereocenters. The number of rotatable bonds is 5. The van der Waals surface area contributed by atoms with Gasteiger partial charge < -0.3 is 15.0 Å². The van der Waals surface area contributed by atoms with Crippen molar-refractivity contribution in [2.75, 3.05) is 59.0 Å². The van der Waals surface area contributed by atoms with E-state index < -0.39 is 0 Å². The summed E-state index contributed by atoms with van der Waals surface area (Å²) < 4.78 is 5.44. The molecule has 138 valence electrons. The van der Waals surface area contributed by atoms with Gasteiger partial charge in [-0.05, 0) is 37.5 Å². The average molecular weight is 337 g/mol. The van der Waals surface area contributed by atoms with Gasteiger partial charge in [0.1, 0.15) is 0 Å². The van der Waals surface area contributed by atoms with E-state index in [9.17, 15) is 0 Å². The van der Waals surface area contributed by atoms with Gasteiger partial charge in [0.2, 0.25) is 0 Å². The van der Waals surface area contributed by atoms with E-state index in [1.165, 1.54) is 45.2 Å². The van der Waals surface area contributed by atoms with Crippen molar-refractivity contribution >= 4 is 5.96 Å². The van der Waals surface area contributed by atoms with E-state index in [1.807, 2.05) is 0 Å².